The maximum absolute atomic E-state index is 11.7. The molecule has 5 heteroatoms. The summed E-state index contributed by atoms with van der Waals surface area (Å²) in [6.45, 7) is 2.09. The first-order valence-corrected chi connectivity index (χ1v) is 8.29. The SMILES string of the molecule is CCOC(=O)C(C=O)[SH]1C=CC2=C1CCSC2. The molecular formula is C12H16O3S2. The Kier molecular flexibility index (Phi) is 4.34. The van der Waals surface area contributed by atoms with Crippen molar-refractivity contribution in [3.8, 4) is 0 Å². The second-order valence-electron chi connectivity index (χ2n) is 3.83. The first-order valence-electron chi connectivity index (χ1n) is 5.66. The third kappa shape index (κ3) is 2.60. The highest BCUT2D eigenvalue weighted by Gasteiger charge is 2.31. The van der Waals surface area contributed by atoms with Gasteiger partial charge in [-0.05, 0) is 35.0 Å². The van der Waals surface area contributed by atoms with Crippen LogP contribution in [0.15, 0.2) is 22.0 Å². The zero-order valence-electron chi connectivity index (χ0n) is 9.72. The van der Waals surface area contributed by atoms with Crippen molar-refractivity contribution in [1.29, 1.82) is 0 Å². The van der Waals surface area contributed by atoms with Crippen LogP contribution >= 0.6 is 22.7 Å². The van der Waals surface area contributed by atoms with E-state index in [1.807, 2.05) is 17.2 Å². The smallest absolute Gasteiger partial charge is 0.325 e. The molecule has 2 aliphatic heterocycles. The molecule has 94 valence electrons. The van der Waals surface area contributed by atoms with Crippen LogP contribution in [0.2, 0.25) is 0 Å². The molecule has 2 atom stereocenters. The normalized spacial score (nSPS) is 26.5. The number of carbonyl (C=O) groups is 2. The number of rotatable bonds is 4. The fraction of sp³-hybridized carbons (Fsp3) is 0.500. The molecular weight excluding hydrogens is 256 g/mol. The van der Waals surface area contributed by atoms with Crippen LogP contribution in [0.3, 0.4) is 0 Å². The van der Waals surface area contributed by atoms with Gasteiger partial charge in [-0.25, -0.2) is 0 Å². The number of aldehydes is 1. The Morgan fingerprint density at radius 1 is 1.71 bits per heavy atom. The van der Waals surface area contributed by atoms with Gasteiger partial charge < -0.3 is 9.53 Å². The molecule has 2 heterocycles. The van der Waals surface area contributed by atoms with Crippen LogP contribution in [0.1, 0.15) is 13.3 Å². The van der Waals surface area contributed by atoms with Gasteiger partial charge in [0.25, 0.3) is 0 Å². The summed E-state index contributed by atoms with van der Waals surface area (Å²) in [5.41, 5.74) is 1.32. The minimum Gasteiger partial charge on any atom is -0.465 e. The Hall–Kier alpha value is -0.680. The Morgan fingerprint density at radius 3 is 3.24 bits per heavy atom. The summed E-state index contributed by atoms with van der Waals surface area (Å²) in [6, 6.07) is 0. The second kappa shape index (κ2) is 5.78. The predicted octanol–water partition coefficient (Wildman–Crippen LogP) is 2.04. The zero-order valence-corrected chi connectivity index (χ0v) is 11.4. The van der Waals surface area contributed by atoms with Crippen LogP contribution in [0.5, 0.6) is 0 Å². The molecule has 0 aliphatic carbocycles. The fourth-order valence-corrected chi connectivity index (χ4v) is 5.59. The monoisotopic (exact) mass is 272 g/mol. The molecule has 2 rings (SSSR count). The average molecular weight is 272 g/mol. The van der Waals surface area contributed by atoms with Crippen LogP contribution < -0.4 is 0 Å². The number of esters is 1. The number of hydrogen-bond acceptors (Lipinski definition) is 4. The van der Waals surface area contributed by atoms with Crippen LogP contribution in [0, 0.1) is 0 Å². The van der Waals surface area contributed by atoms with E-state index in [1.54, 1.807) is 6.92 Å². The van der Waals surface area contributed by atoms with Crippen molar-refractivity contribution in [2.24, 2.45) is 0 Å². The van der Waals surface area contributed by atoms with Gasteiger partial charge in [0.05, 0.1) is 6.61 Å². The summed E-state index contributed by atoms with van der Waals surface area (Å²) in [4.78, 5) is 24.2. The van der Waals surface area contributed by atoms with Gasteiger partial charge in [0.1, 0.15) is 11.5 Å². The Labute approximate surface area is 108 Å². The van der Waals surface area contributed by atoms with Crippen molar-refractivity contribution in [1.82, 2.24) is 0 Å². The van der Waals surface area contributed by atoms with E-state index in [4.69, 9.17) is 4.74 Å². The highest BCUT2D eigenvalue weighted by atomic mass is 32.2. The van der Waals surface area contributed by atoms with E-state index in [9.17, 15) is 9.59 Å². The van der Waals surface area contributed by atoms with Crippen molar-refractivity contribution in [3.63, 3.8) is 0 Å². The number of thiol groups is 1. The molecule has 0 aromatic carbocycles. The summed E-state index contributed by atoms with van der Waals surface area (Å²) < 4.78 is 4.97. The van der Waals surface area contributed by atoms with E-state index >= 15 is 0 Å². The largest absolute Gasteiger partial charge is 0.465 e. The maximum Gasteiger partial charge on any atom is 0.325 e. The Morgan fingerprint density at radius 2 is 2.53 bits per heavy atom. The van der Waals surface area contributed by atoms with E-state index < -0.39 is 16.1 Å². The van der Waals surface area contributed by atoms with E-state index in [-0.39, 0.29) is 5.97 Å². The van der Waals surface area contributed by atoms with E-state index in [0.717, 1.165) is 24.2 Å². The van der Waals surface area contributed by atoms with Gasteiger partial charge in [0.15, 0.2) is 0 Å². The van der Waals surface area contributed by atoms with Crippen LogP contribution in [-0.4, -0.2) is 35.6 Å². The molecule has 2 aliphatic rings. The maximum atomic E-state index is 11.7. The molecule has 0 radical (unpaired) electrons. The number of allylic oxidation sites excluding steroid dienone is 2. The first-order chi connectivity index (χ1) is 8.27. The molecule has 17 heavy (non-hydrogen) atoms. The number of ether oxygens (including phenoxy) is 1. The number of hydrogen-bond donors (Lipinski definition) is 1. The van der Waals surface area contributed by atoms with Gasteiger partial charge in [-0.3, -0.25) is 4.79 Å². The van der Waals surface area contributed by atoms with Crippen molar-refractivity contribution in [3.05, 3.63) is 22.0 Å². The van der Waals surface area contributed by atoms with E-state index in [0.29, 0.717) is 6.61 Å². The quantitative estimate of drug-likeness (QED) is 0.368. The third-order valence-electron chi connectivity index (χ3n) is 2.82. The van der Waals surface area contributed by atoms with Gasteiger partial charge in [0, 0.05) is 5.75 Å². The molecule has 3 nitrogen and oxygen atoms in total. The molecule has 0 bridgehead atoms. The highest BCUT2D eigenvalue weighted by Crippen LogP contribution is 2.51. The van der Waals surface area contributed by atoms with Crippen molar-refractivity contribution in [2.75, 3.05) is 18.1 Å². The van der Waals surface area contributed by atoms with Gasteiger partial charge in [-0.1, -0.05) is 6.08 Å². The molecule has 0 amide bonds. The van der Waals surface area contributed by atoms with Gasteiger partial charge in [-0.2, -0.15) is 22.7 Å². The van der Waals surface area contributed by atoms with Crippen LogP contribution in [-0.2, 0) is 14.3 Å². The molecule has 2 unspecified atom stereocenters. The summed E-state index contributed by atoms with van der Waals surface area (Å²) in [5, 5.41) is 1.44. The third-order valence-corrected chi connectivity index (χ3v) is 6.36. The minimum atomic E-state index is -0.774. The van der Waals surface area contributed by atoms with Gasteiger partial charge in [0.2, 0.25) is 0 Å². The lowest BCUT2D eigenvalue weighted by Crippen LogP contribution is -2.25. The lowest BCUT2D eigenvalue weighted by Gasteiger charge is -2.25. The van der Waals surface area contributed by atoms with Gasteiger partial charge in [-0.15, -0.1) is 0 Å². The van der Waals surface area contributed by atoms with Crippen molar-refractivity contribution >= 4 is 34.9 Å². The summed E-state index contributed by atoms with van der Waals surface area (Å²) in [7, 11) is -0.774. The molecule has 0 spiro atoms. The summed E-state index contributed by atoms with van der Waals surface area (Å²) >= 11 is 1.91. The summed E-state index contributed by atoms with van der Waals surface area (Å²) in [6.07, 6.45) is 3.84. The average Bonchev–Trinajstić information content (AvgIpc) is 2.75. The van der Waals surface area contributed by atoms with Crippen molar-refractivity contribution < 1.29 is 14.3 Å². The predicted molar refractivity (Wildman–Crippen MR) is 73.6 cm³/mol. The molecule has 0 N–H and O–H groups in total. The lowest BCUT2D eigenvalue weighted by atomic mass is 10.2. The van der Waals surface area contributed by atoms with Crippen LogP contribution in [0.4, 0.5) is 0 Å². The topological polar surface area (TPSA) is 43.4 Å². The Balaban J connectivity index is 2.16. The summed E-state index contributed by atoms with van der Waals surface area (Å²) in [5.74, 6) is 1.73. The highest BCUT2D eigenvalue weighted by molar-refractivity contribution is 8.24. The molecule has 0 saturated carbocycles. The fourth-order valence-electron chi connectivity index (χ4n) is 2.02. The van der Waals surface area contributed by atoms with E-state index in [2.05, 4.69) is 6.08 Å². The first kappa shape index (κ1) is 12.8. The van der Waals surface area contributed by atoms with Gasteiger partial charge >= 0.3 is 5.97 Å². The molecule has 0 saturated heterocycles. The zero-order chi connectivity index (χ0) is 12.3. The molecule has 0 aromatic heterocycles. The number of carbonyl (C=O) groups excluding carboxylic acids is 2. The van der Waals surface area contributed by atoms with Crippen molar-refractivity contribution in [2.45, 2.75) is 18.6 Å². The second-order valence-corrected chi connectivity index (χ2v) is 7.14. The molecule has 0 aromatic rings. The minimum absolute atomic E-state index is 0.331. The standard InChI is InChI=1S/C12H16O3S2/c1-2-15-12(14)11(7-13)17-6-4-9-8-16-5-3-10(9)17/h4,6-7,11,17H,2-3,5,8H2,1H3. The van der Waals surface area contributed by atoms with E-state index in [1.165, 1.54) is 10.5 Å². The lowest BCUT2D eigenvalue weighted by molar-refractivity contribution is -0.143. The molecule has 0 fully saturated rings. The number of thioether (sulfide) groups is 1. The Bertz CT molecular complexity index is 387. The van der Waals surface area contributed by atoms with Crippen LogP contribution in [0.25, 0.3) is 0 Å².